The summed E-state index contributed by atoms with van der Waals surface area (Å²) in [6.45, 7) is 8.14. The third-order valence-corrected chi connectivity index (χ3v) is 2.71. The minimum Gasteiger partial charge on any atom is -0.390 e. The Morgan fingerprint density at radius 3 is 2.17 bits per heavy atom. The lowest BCUT2D eigenvalue weighted by Gasteiger charge is -2.43. The third-order valence-electron chi connectivity index (χ3n) is 2.71. The minimum atomic E-state index is -0.477. The van der Waals surface area contributed by atoms with Crippen LogP contribution in [0.2, 0.25) is 0 Å². The Hall–Kier alpha value is -0.0800. The number of rotatable bonds is 3. The first-order valence-electron chi connectivity index (χ1n) is 4.88. The maximum absolute atomic E-state index is 9.66. The fraction of sp³-hybridized carbons (Fsp3) is 1.00. The molecular formula is C10H21NO. The molecule has 0 unspecified atom stereocenters. The van der Waals surface area contributed by atoms with E-state index in [-0.39, 0.29) is 0 Å². The van der Waals surface area contributed by atoms with Crippen LogP contribution in [0, 0.1) is 5.92 Å². The van der Waals surface area contributed by atoms with Crippen molar-refractivity contribution < 1.29 is 5.11 Å². The zero-order chi connectivity index (χ0) is 9.35. The Kier molecular flexibility index (Phi) is 2.79. The molecule has 1 fully saturated rings. The highest BCUT2D eigenvalue weighted by Gasteiger charge is 2.38. The maximum atomic E-state index is 9.66. The molecule has 0 radical (unpaired) electrons. The summed E-state index contributed by atoms with van der Waals surface area (Å²) in [6.07, 6.45) is 2.25. The van der Waals surface area contributed by atoms with Gasteiger partial charge in [0.15, 0.2) is 0 Å². The van der Waals surface area contributed by atoms with Crippen LogP contribution in [0.5, 0.6) is 0 Å². The standard InChI is InChI=1S/C10H21NO/c1-7(2)11-9-5-8(6-9)10(3,4)12/h7-9,11-12H,5-6H2,1-4H3. The summed E-state index contributed by atoms with van der Waals surface area (Å²) in [4.78, 5) is 0. The molecule has 0 heterocycles. The molecule has 1 saturated carbocycles. The molecular weight excluding hydrogens is 150 g/mol. The van der Waals surface area contributed by atoms with Crippen molar-refractivity contribution in [3.8, 4) is 0 Å². The molecule has 72 valence electrons. The van der Waals surface area contributed by atoms with E-state index in [4.69, 9.17) is 0 Å². The Bertz CT molecular complexity index is 142. The largest absolute Gasteiger partial charge is 0.390 e. The lowest BCUT2D eigenvalue weighted by atomic mass is 9.71. The van der Waals surface area contributed by atoms with Gasteiger partial charge in [-0.3, -0.25) is 0 Å². The second kappa shape index (κ2) is 3.35. The Balaban J connectivity index is 2.20. The van der Waals surface area contributed by atoms with E-state index in [0.29, 0.717) is 18.0 Å². The second-order valence-electron chi connectivity index (χ2n) is 4.84. The van der Waals surface area contributed by atoms with E-state index >= 15 is 0 Å². The van der Waals surface area contributed by atoms with Crippen LogP contribution in [0.1, 0.15) is 40.5 Å². The summed E-state index contributed by atoms with van der Waals surface area (Å²) in [5, 5.41) is 13.1. The smallest absolute Gasteiger partial charge is 0.0620 e. The predicted octanol–water partition coefficient (Wildman–Crippen LogP) is 1.53. The molecule has 1 rings (SSSR count). The first kappa shape index (κ1) is 10.0. The first-order valence-corrected chi connectivity index (χ1v) is 4.88. The molecule has 2 nitrogen and oxygen atoms in total. The van der Waals surface area contributed by atoms with Crippen LogP contribution in [0.25, 0.3) is 0 Å². The molecule has 0 spiro atoms. The number of nitrogens with one attached hydrogen (secondary N) is 1. The average Bonchev–Trinajstić information content (AvgIpc) is 1.73. The van der Waals surface area contributed by atoms with Crippen molar-refractivity contribution in [2.24, 2.45) is 5.92 Å². The summed E-state index contributed by atoms with van der Waals surface area (Å²) in [5.41, 5.74) is -0.477. The van der Waals surface area contributed by atoms with Crippen LogP contribution in [0.15, 0.2) is 0 Å². The lowest BCUT2D eigenvalue weighted by molar-refractivity contribution is -0.0331. The third kappa shape index (κ3) is 2.46. The van der Waals surface area contributed by atoms with E-state index in [0.717, 1.165) is 12.8 Å². The van der Waals surface area contributed by atoms with Gasteiger partial charge in [0, 0.05) is 12.1 Å². The van der Waals surface area contributed by atoms with Gasteiger partial charge in [0.05, 0.1) is 5.60 Å². The summed E-state index contributed by atoms with van der Waals surface area (Å²) in [5.74, 6) is 0.494. The van der Waals surface area contributed by atoms with E-state index in [1.807, 2.05) is 13.8 Å². The van der Waals surface area contributed by atoms with Gasteiger partial charge in [0.25, 0.3) is 0 Å². The molecule has 12 heavy (non-hydrogen) atoms. The van der Waals surface area contributed by atoms with E-state index < -0.39 is 5.60 Å². The van der Waals surface area contributed by atoms with Gasteiger partial charge in [-0.05, 0) is 32.6 Å². The Morgan fingerprint density at radius 2 is 1.83 bits per heavy atom. The molecule has 1 aliphatic carbocycles. The van der Waals surface area contributed by atoms with Gasteiger partial charge in [0.1, 0.15) is 0 Å². The fourth-order valence-electron chi connectivity index (χ4n) is 1.80. The Labute approximate surface area is 75.4 Å². The van der Waals surface area contributed by atoms with Crippen LogP contribution in [0.4, 0.5) is 0 Å². The molecule has 0 aromatic carbocycles. The second-order valence-corrected chi connectivity index (χ2v) is 4.84. The number of hydrogen-bond acceptors (Lipinski definition) is 2. The van der Waals surface area contributed by atoms with Gasteiger partial charge in [-0.25, -0.2) is 0 Å². The normalized spacial score (nSPS) is 30.5. The molecule has 2 heteroatoms. The van der Waals surface area contributed by atoms with Crippen LogP contribution >= 0.6 is 0 Å². The van der Waals surface area contributed by atoms with E-state index in [1.165, 1.54) is 0 Å². The summed E-state index contributed by atoms with van der Waals surface area (Å²) < 4.78 is 0. The molecule has 0 bridgehead atoms. The van der Waals surface area contributed by atoms with Gasteiger partial charge >= 0.3 is 0 Å². The Morgan fingerprint density at radius 1 is 1.33 bits per heavy atom. The monoisotopic (exact) mass is 171 g/mol. The molecule has 0 aliphatic heterocycles. The van der Waals surface area contributed by atoms with Crippen LogP contribution in [-0.2, 0) is 0 Å². The zero-order valence-electron chi connectivity index (χ0n) is 8.59. The predicted molar refractivity (Wildman–Crippen MR) is 51.1 cm³/mol. The number of aliphatic hydroxyl groups is 1. The summed E-state index contributed by atoms with van der Waals surface area (Å²) in [7, 11) is 0. The first-order chi connectivity index (χ1) is 5.39. The van der Waals surface area contributed by atoms with Gasteiger partial charge in [-0.1, -0.05) is 13.8 Å². The van der Waals surface area contributed by atoms with Crippen molar-refractivity contribution >= 4 is 0 Å². The molecule has 1 aliphatic rings. The minimum absolute atomic E-state index is 0.477. The van der Waals surface area contributed by atoms with E-state index in [9.17, 15) is 5.11 Å². The highest BCUT2D eigenvalue weighted by molar-refractivity contribution is 4.93. The zero-order valence-corrected chi connectivity index (χ0v) is 8.59. The van der Waals surface area contributed by atoms with Crippen molar-refractivity contribution in [3.63, 3.8) is 0 Å². The topological polar surface area (TPSA) is 32.3 Å². The van der Waals surface area contributed by atoms with Crippen molar-refractivity contribution in [1.82, 2.24) is 5.32 Å². The SMILES string of the molecule is CC(C)NC1CC(C(C)(C)O)C1. The van der Waals surface area contributed by atoms with Gasteiger partial charge < -0.3 is 10.4 Å². The van der Waals surface area contributed by atoms with Gasteiger partial charge in [-0.15, -0.1) is 0 Å². The average molecular weight is 171 g/mol. The fourth-order valence-corrected chi connectivity index (χ4v) is 1.80. The van der Waals surface area contributed by atoms with Crippen molar-refractivity contribution in [3.05, 3.63) is 0 Å². The van der Waals surface area contributed by atoms with Gasteiger partial charge in [0.2, 0.25) is 0 Å². The lowest BCUT2D eigenvalue weighted by Crippen LogP contribution is -2.51. The molecule has 0 atom stereocenters. The van der Waals surface area contributed by atoms with E-state index in [1.54, 1.807) is 0 Å². The van der Waals surface area contributed by atoms with Crippen molar-refractivity contribution in [2.75, 3.05) is 0 Å². The quantitative estimate of drug-likeness (QED) is 0.675. The van der Waals surface area contributed by atoms with E-state index in [2.05, 4.69) is 19.2 Å². The van der Waals surface area contributed by atoms with Crippen molar-refractivity contribution in [1.29, 1.82) is 0 Å². The highest BCUT2D eigenvalue weighted by atomic mass is 16.3. The van der Waals surface area contributed by atoms with Crippen molar-refractivity contribution in [2.45, 2.75) is 58.2 Å². The molecule has 0 saturated heterocycles. The van der Waals surface area contributed by atoms with Crippen LogP contribution in [-0.4, -0.2) is 22.8 Å². The molecule has 2 N–H and O–H groups in total. The molecule has 0 aromatic heterocycles. The van der Waals surface area contributed by atoms with Crippen LogP contribution in [0.3, 0.4) is 0 Å². The summed E-state index contributed by atoms with van der Waals surface area (Å²) in [6, 6.07) is 1.21. The van der Waals surface area contributed by atoms with Gasteiger partial charge in [-0.2, -0.15) is 0 Å². The maximum Gasteiger partial charge on any atom is 0.0620 e. The molecule has 0 amide bonds. The van der Waals surface area contributed by atoms with Crippen LogP contribution < -0.4 is 5.32 Å². The highest BCUT2D eigenvalue weighted by Crippen LogP contribution is 2.36. The summed E-state index contributed by atoms with van der Waals surface area (Å²) >= 11 is 0. The molecule has 0 aromatic rings. The number of hydrogen-bond donors (Lipinski definition) is 2.